The molecule has 0 fully saturated rings. The number of hydrogen-bond acceptors (Lipinski definition) is 3. The molecular weight excluding hydrogens is 542 g/mol. The fourth-order valence-corrected chi connectivity index (χ4v) is 5.53. The molecule has 210 valence electrons. The SMILES string of the molecule is CCCc1nc2c(C)cc(-c3[nH]c4ccccc4[n+]3C)cc2n1Cc1ccc(-c2ccccc2C(=O)O)cc1.[N-]=C=S. The van der Waals surface area contributed by atoms with E-state index >= 15 is 0 Å². The molecule has 0 amide bonds. The van der Waals surface area contributed by atoms with Crippen molar-refractivity contribution in [1.82, 2.24) is 14.5 Å². The van der Waals surface area contributed by atoms with E-state index in [0.717, 1.165) is 74.4 Å². The highest BCUT2D eigenvalue weighted by Crippen LogP contribution is 2.29. The lowest BCUT2D eigenvalue weighted by molar-refractivity contribution is -0.633. The number of carboxylic acids is 1. The number of hydrogen-bond donors (Lipinski definition) is 2. The molecular formula is C34H31N5O2S. The van der Waals surface area contributed by atoms with Gasteiger partial charge in [0, 0.05) is 13.0 Å². The fraction of sp³-hybridized carbons (Fsp3) is 0.176. The van der Waals surface area contributed by atoms with Crippen molar-refractivity contribution < 1.29 is 14.5 Å². The number of fused-ring (bicyclic) bond motifs is 2. The van der Waals surface area contributed by atoms with Gasteiger partial charge in [0.1, 0.15) is 5.82 Å². The third-order valence-corrected chi connectivity index (χ3v) is 7.49. The molecule has 0 aliphatic heterocycles. The molecule has 0 atom stereocenters. The summed E-state index contributed by atoms with van der Waals surface area (Å²) in [6, 6.07) is 28.1. The van der Waals surface area contributed by atoms with Crippen molar-refractivity contribution in [3.63, 3.8) is 0 Å². The van der Waals surface area contributed by atoms with Crippen LogP contribution in [0.4, 0.5) is 0 Å². The van der Waals surface area contributed by atoms with Crippen LogP contribution < -0.4 is 4.57 Å². The molecule has 2 N–H and O–H groups in total. The van der Waals surface area contributed by atoms with E-state index in [9.17, 15) is 9.90 Å². The van der Waals surface area contributed by atoms with Crippen LogP contribution in [-0.2, 0) is 20.0 Å². The Kier molecular flexibility index (Phi) is 8.38. The van der Waals surface area contributed by atoms with Gasteiger partial charge in [-0.2, -0.15) is 5.16 Å². The summed E-state index contributed by atoms with van der Waals surface area (Å²) in [7, 11) is 2.09. The molecule has 0 saturated carbocycles. The minimum atomic E-state index is -0.918. The summed E-state index contributed by atoms with van der Waals surface area (Å²) >= 11 is 3.70. The zero-order chi connectivity index (χ0) is 29.8. The number of aromatic carboxylic acids is 1. The first-order chi connectivity index (χ1) is 20.4. The lowest BCUT2D eigenvalue weighted by atomic mass is 9.98. The lowest BCUT2D eigenvalue weighted by Crippen LogP contribution is -2.29. The Hall–Kier alpha value is -4.91. The summed E-state index contributed by atoms with van der Waals surface area (Å²) in [6.07, 6.45) is 1.91. The molecule has 6 rings (SSSR count). The van der Waals surface area contributed by atoms with Gasteiger partial charge in [-0.3, -0.25) is 0 Å². The Labute approximate surface area is 249 Å². The monoisotopic (exact) mass is 573 g/mol. The van der Waals surface area contributed by atoms with E-state index in [-0.39, 0.29) is 0 Å². The van der Waals surface area contributed by atoms with Crippen LogP contribution in [0.3, 0.4) is 0 Å². The predicted molar refractivity (Wildman–Crippen MR) is 171 cm³/mol. The Balaban J connectivity index is 0.00000113. The molecule has 0 radical (unpaired) electrons. The molecule has 4 aromatic carbocycles. The molecule has 8 heteroatoms. The number of isothiocyanates is 1. The molecule has 42 heavy (non-hydrogen) atoms. The number of carboxylic acid groups (broad SMARTS) is 1. The largest absolute Gasteiger partial charge is 0.753 e. The predicted octanol–water partition coefficient (Wildman–Crippen LogP) is 7.34. The first-order valence-corrected chi connectivity index (χ1v) is 14.2. The zero-order valence-electron chi connectivity index (χ0n) is 23.8. The van der Waals surface area contributed by atoms with E-state index in [2.05, 4.69) is 95.8 Å². The Bertz CT molecular complexity index is 1950. The minimum Gasteiger partial charge on any atom is -0.753 e. The second kappa shape index (κ2) is 12.3. The number of benzene rings is 4. The van der Waals surface area contributed by atoms with Gasteiger partial charge in [-0.05, 0) is 65.9 Å². The maximum atomic E-state index is 11.7. The molecule has 2 heterocycles. The maximum absolute atomic E-state index is 11.7. The molecule has 0 spiro atoms. The first kappa shape index (κ1) is 28.6. The van der Waals surface area contributed by atoms with Gasteiger partial charge in [0.15, 0.2) is 11.0 Å². The third kappa shape index (κ3) is 5.50. The van der Waals surface area contributed by atoms with Crippen molar-refractivity contribution in [3.05, 3.63) is 113 Å². The van der Waals surface area contributed by atoms with Crippen LogP contribution in [0, 0.1) is 6.92 Å². The van der Waals surface area contributed by atoms with Gasteiger partial charge in [-0.1, -0.05) is 73.7 Å². The number of imidazole rings is 2. The van der Waals surface area contributed by atoms with Crippen LogP contribution in [0.15, 0.2) is 84.9 Å². The van der Waals surface area contributed by atoms with Gasteiger partial charge in [-0.25, -0.2) is 19.3 Å². The van der Waals surface area contributed by atoms with Crippen molar-refractivity contribution in [1.29, 1.82) is 0 Å². The zero-order valence-corrected chi connectivity index (χ0v) is 24.6. The number of thiocarbonyl (C=S) groups is 1. The van der Waals surface area contributed by atoms with E-state index in [4.69, 9.17) is 10.4 Å². The third-order valence-electron chi connectivity index (χ3n) is 7.49. The quantitative estimate of drug-likeness (QED) is 0.119. The number of aryl methyl sites for hydroxylation is 3. The van der Waals surface area contributed by atoms with E-state index in [1.807, 2.05) is 24.3 Å². The molecule has 0 bridgehead atoms. The highest BCUT2D eigenvalue weighted by atomic mass is 32.1. The van der Waals surface area contributed by atoms with Crippen LogP contribution in [0.1, 0.15) is 40.7 Å². The van der Waals surface area contributed by atoms with Crippen LogP contribution in [0.25, 0.3) is 50.0 Å². The molecule has 0 aliphatic carbocycles. The van der Waals surface area contributed by atoms with Crippen LogP contribution >= 0.6 is 12.2 Å². The Morgan fingerprint density at radius 3 is 2.43 bits per heavy atom. The minimum absolute atomic E-state index is 0.309. The molecule has 0 unspecified atom stereocenters. The van der Waals surface area contributed by atoms with E-state index in [1.165, 1.54) is 5.16 Å². The second-order valence-electron chi connectivity index (χ2n) is 10.2. The summed E-state index contributed by atoms with van der Waals surface area (Å²) in [6.45, 7) is 5.01. The number of carbonyl (C=O) groups is 1. The molecule has 7 nitrogen and oxygen atoms in total. The average Bonchev–Trinajstić information content (AvgIpc) is 3.51. The van der Waals surface area contributed by atoms with Crippen molar-refractivity contribution in [3.8, 4) is 22.5 Å². The van der Waals surface area contributed by atoms with Crippen molar-refractivity contribution in [2.45, 2.75) is 33.2 Å². The Morgan fingerprint density at radius 2 is 1.74 bits per heavy atom. The van der Waals surface area contributed by atoms with Crippen molar-refractivity contribution in [2.75, 3.05) is 0 Å². The summed E-state index contributed by atoms with van der Waals surface area (Å²) in [5.41, 5.74) is 9.77. The smallest absolute Gasteiger partial charge is 0.336 e. The number of aromatic nitrogens is 4. The van der Waals surface area contributed by atoms with Crippen LogP contribution in [0.2, 0.25) is 0 Å². The highest BCUT2D eigenvalue weighted by Gasteiger charge is 2.21. The number of para-hydroxylation sites is 2. The van der Waals surface area contributed by atoms with E-state index in [0.29, 0.717) is 12.1 Å². The van der Waals surface area contributed by atoms with Crippen LogP contribution in [0.5, 0.6) is 0 Å². The normalized spacial score (nSPS) is 10.8. The van der Waals surface area contributed by atoms with Gasteiger partial charge >= 0.3 is 5.97 Å². The average molecular weight is 574 g/mol. The van der Waals surface area contributed by atoms with E-state index in [1.54, 1.807) is 12.1 Å². The molecule has 0 saturated heterocycles. The summed E-state index contributed by atoms with van der Waals surface area (Å²) in [5, 5.41) is 18.1. The summed E-state index contributed by atoms with van der Waals surface area (Å²) in [5.74, 6) is 1.22. The van der Waals surface area contributed by atoms with Crippen molar-refractivity contribution >= 4 is 45.4 Å². The van der Waals surface area contributed by atoms with Gasteiger partial charge in [0.05, 0.1) is 29.2 Å². The van der Waals surface area contributed by atoms with Gasteiger partial charge in [0.2, 0.25) is 0 Å². The number of nitrogens with one attached hydrogen (secondary N) is 1. The number of rotatable bonds is 7. The van der Waals surface area contributed by atoms with E-state index < -0.39 is 5.97 Å². The highest BCUT2D eigenvalue weighted by molar-refractivity contribution is 7.78. The number of aromatic amines is 1. The standard InChI is InChI=1S/C33H30N4O2.CNS/c1-4-9-30-35-31-21(2)18-24(32-34-27-12-7-8-13-28(27)36(32)3)19-29(31)37(30)20-22-14-16-23(17-15-22)25-10-5-6-11-26(25)33(38)39;2-1-3/h5-8,10-19H,4,9,20H2,1-3H3,(H,38,39);/q;-1/p+1. The topological polar surface area (TPSA) is 97.1 Å². The molecule has 6 aromatic rings. The summed E-state index contributed by atoms with van der Waals surface area (Å²) in [4.78, 5) is 20.4. The van der Waals surface area contributed by atoms with Crippen LogP contribution in [-0.4, -0.2) is 30.8 Å². The fourth-order valence-electron chi connectivity index (χ4n) is 5.53. The van der Waals surface area contributed by atoms with Gasteiger partial charge in [-0.15, -0.1) is 0 Å². The maximum Gasteiger partial charge on any atom is 0.336 e. The van der Waals surface area contributed by atoms with Gasteiger partial charge in [0.25, 0.3) is 5.82 Å². The Morgan fingerprint density at radius 1 is 1.05 bits per heavy atom. The molecule has 0 aliphatic rings. The van der Waals surface area contributed by atoms with Crippen molar-refractivity contribution in [2.24, 2.45) is 7.05 Å². The van der Waals surface area contributed by atoms with Gasteiger partial charge < -0.3 is 15.1 Å². The molecule has 2 aromatic heterocycles. The second-order valence-corrected chi connectivity index (χ2v) is 10.4. The number of H-pyrrole nitrogens is 1. The summed E-state index contributed by atoms with van der Waals surface area (Å²) < 4.78 is 4.54. The number of nitrogens with zero attached hydrogens (tertiary/aromatic N) is 4. The first-order valence-electron chi connectivity index (χ1n) is 13.8. The lowest BCUT2D eigenvalue weighted by Gasteiger charge is -2.11.